The number of likely N-dealkylation sites (tertiary alicyclic amines) is 1. The Kier molecular flexibility index (Phi) is 8.20. The van der Waals surface area contributed by atoms with E-state index in [-0.39, 0.29) is 51.2 Å². The van der Waals surface area contributed by atoms with Crippen molar-refractivity contribution in [3.05, 3.63) is 33.4 Å². The van der Waals surface area contributed by atoms with Crippen molar-refractivity contribution in [2.45, 2.75) is 38.3 Å². The number of amides is 2. The van der Waals surface area contributed by atoms with E-state index in [1.165, 1.54) is 7.05 Å². The monoisotopic (exact) mass is 553 g/mol. The second-order valence-electron chi connectivity index (χ2n) is 9.11. The van der Waals surface area contributed by atoms with E-state index < -0.39 is 11.7 Å². The number of nitrogens with two attached hydrogens (primary N) is 2. The summed E-state index contributed by atoms with van der Waals surface area (Å²) in [6.45, 7) is 5.29. The van der Waals surface area contributed by atoms with Gasteiger partial charge in [-0.1, -0.05) is 30.1 Å². The minimum Gasteiger partial charge on any atom is -0.383 e. The number of halogens is 3. The van der Waals surface area contributed by atoms with E-state index >= 15 is 0 Å². The van der Waals surface area contributed by atoms with Gasteiger partial charge in [0.2, 0.25) is 0 Å². The minimum atomic E-state index is -0.771. The standard InChI is InChI=1S/C23H30Cl2FN9O2/c1-3-12-11-34(21-18(25)30-16(20(28)32-21)22(36)29-2)8-9-35(12)13-4-6-33(7-5-13)23(37)14-10-15(26)17(24)31-19(14)27/h10,12-13H,3-9,11H2,1-2H3,(H2,27,31)(H2,28,32)(H,29,36)/t12-/m0/s1. The van der Waals surface area contributed by atoms with Crippen LogP contribution in [0.1, 0.15) is 47.0 Å². The first kappa shape index (κ1) is 27.1. The number of nitrogen functional groups attached to an aromatic ring is 2. The average molecular weight is 554 g/mol. The van der Waals surface area contributed by atoms with Crippen LogP contribution >= 0.6 is 23.2 Å². The number of anilines is 3. The fourth-order valence-electron chi connectivity index (χ4n) is 5.03. The van der Waals surface area contributed by atoms with Crippen molar-refractivity contribution in [2.24, 2.45) is 0 Å². The molecule has 0 radical (unpaired) electrons. The predicted molar refractivity (Wildman–Crippen MR) is 140 cm³/mol. The number of hydrogen-bond acceptors (Lipinski definition) is 9. The zero-order valence-corrected chi connectivity index (χ0v) is 22.2. The van der Waals surface area contributed by atoms with Crippen LogP contribution in [0.3, 0.4) is 0 Å². The largest absolute Gasteiger partial charge is 0.383 e. The number of piperidine rings is 1. The van der Waals surface area contributed by atoms with Crippen LogP contribution in [0.15, 0.2) is 6.07 Å². The SMILES string of the molecule is CC[C@H]1CN(c2nc(N)c(C(=O)NC)nc2Cl)CCN1C1CCN(C(=O)c2cc(F)c(Cl)nc2N)CC1. The number of aromatic nitrogens is 3. The van der Waals surface area contributed by atoms with E-state index in [0.29, 0.717) is 32.0 Å². The Bertz CT molecular complexity index is 1190. The van der Waals surface area contributed by atoms with Crippen LogP contribution in [-0.2, 0) is 0 Å². The summed E-state index contributed by atoms with van der Waals surface area (Å²) in [7, 11) is 1.49. The highest BCUT2D eigenvalue weighted by Crippen LogP contribution is 2.30. The van der Waals surface area contributed by atoms with E-state index in [1.807, 2.05) is 4.90 Å². The Hall–Kier alpha value is -2.96. The molecule has 0 saturated carbocycles. The van der Waals surface area contributed by atoms with Gasteiger partial charge in [-0.05, 0) is 25.3 Å². The third kappa shape index (κ3) is 5.51. The van der Waals surface area contributed by atoms with E-state index in [4.69, 9.17) is 34.7 Å². The molecule has 5 N–H and O–H groups in total. The second kappa shape index (κ2) is 11.2. The van der Waals surface area contributed by atoms with Crippen LogP contribution in [0.5, 0.6) is 0 Å². The van der Waals surface area contributed by atoms with Crippen LogP contribution in [-0.4, -0.2) is 88.4 Å². The van der Waals surface area contributed by atoms with Gasteiger partial charge in [0.05, 0.1) is 5.56 Å². The fraction of sp³-hybridized carbons (Fsp3) is 0.522. The van der Waals surface area contributed by atoms with Crippen LogP contribution in [0.2, 0.25) is 10.3 Å². The highest BCUT2D eigenvalue weighted by atomic mass is 35.5. The van der Waals surface area contributed by atoms with E-state index in [9.17, 15) is 14.0 Å². The number of carbonyl (C=O) groups is 2. The summed E-state index contributed by atoms with van der Waals surface area (Å²) in [6, 6.07) is 1.56. The summed E-state index contributed by atoms with van der Waals surface area (Å²) in [5, 5.41) is 2.26. The molecule has 2 saturated heterocycles. The number of carbonyl (C=O) groups excluding carboxylic acids is 2. The summed E-state index contributed by atoms with van der Waals surface area (Å²) in [5.41, 5.74) is 11.8. The van der Waals surface area contributed by atoms with Crippen LogP contribution in [0.25, 0.3) is 0 Å². The lowest BCUT2D eigenvalue weighted by molar-refractivity contribution is 0.0491. The predicted octanol–water partition coefficient (Wildman–Crippen LogP) is 2.05. The molecule has 0 unspecified atom stereocenters. The van der Waals surface area contributed by atoms with E-state index in [0.717, 1.165) is 31.9 Å². The van der Waals surface area contributed by atoms with Crippen LogP contribution in [0.4, 0.5) is 21.8 Å². The summed E-state index contributed by atoms with van der Waals surface area (Å²) in [4.78, 5) is 43.4. The molecule has 2 aromatic heterocycles. The molecule has 2 aliphatic heterocycles. The maximum Gasteiger partial charge on any atom is 0.273 e. The number of nitrogens with zero attached hydrogens (tertiary/aromatic N) is 6. The van der Waals surface area contributed by atoms with Crippen molar-refractivity contribution in [1.29, 1.82) is 0 Å². The van der Waals surface area contributed by atoms with E-state index in [2.05, 4.69) is 32.1 Å². The molecule has 2 aliphatic rings. The first-order chi connectivity index (χ1) is 17.6. The molecule has 0 spiro atoms. The minimum absolute atomic E-state index is 0.00195. The number of pyridine rings is 1. The Balaban J connectivity index is 1.40. The van der Waals surface area contributed by atoms with Crippen molar-refractivity contribution in [1.82, 2.24) is 30.1 Å². The Morgan fingerprint density at radius 1 is 1.08 bits per heavy atom. The summed E-state index contributed by atoms with van der Waals surface area (Å²) >= 11 is 12.1. The zero-order valence-electron chi connectivity index (χ0n) is 20.7. The summed E-state index contributed by atoms with van der Waals surface area (Å²) in [5.74, 6) is -1.14. The molecule has 0 aromatic carbocycles. The van der Waals surface area contributed by atoms with Gasteiger partial charge in [0, 0.05) is 51.9 Å². The summed E-state index contributed by atoms with van der Waals surface area (Å²) in [6.07, 6.45) is 2.46. The third-order valence-corrected chi connectivity index (χ3v) is 7.54. The first-order valence-electron chi connectivity index (χ1n) is 12.1. The molecule has 2 aromatic rings. The summed E-state index contributed by atoms with van der Waals surface area (Å²) < 4.78 is 13.9. The van der Waals surface area contributed by atoms with E-state index in [1.54, 1.807) is 4.90 Å². The van der Waals surface area contributed by atoms with Crippen molar-refractivity contribution < 1.29 is 14.0 Å². The highest BCUT2D eigenvalue weighted by molar-refractivity contribution is 6.32. The molecular weight excluding hydrogens is 524 g/mol. The number of piperazine rings is 1. The van der Waals surface area contributed by atoms with Crippen molar-refractivity contribution in [3.8, 4) is 0 Å². The lowest BCUT2D eigenvalue weighted by Gasteiger charge is -2.47. The number of hydrogen-bond donors (Lipinski definition) is 3. The molecule has 200 valence electrons. The first-order valence-corrected chi connectivity index (χ1v) is 12.9. The Morgan fingerprint density at radius 3 is 2.43 bits per heavy atom. The van der Waals surface area contributed by atoms with Gasteiger partial charge in [-0.25, -0.2) is 19.3 Å². The number of nitrogens with one attached hydrogen (secondary N) is 1. The van der Waals surface area contributed by atoms with Crippen molar-refractivity contribution >= 4 is 52.5 Å². The molecule has 4 heterocycles. The second-order valence-corrected chi connectivity index (χ2v) is 9.83. The van der Waals surface area contributed by atoms with Gasteiger partial charge in [-0.2, -0.15) is 0 Å². The topological polar surface area (TPSA) is 147 Å². The fourth-order valence-corrected chi connectivity index (χ4v) is 5.43. The Morgan fingerprint density at radius 2 is 1.78 bits per heavy atom. The van der Waals surface area contributed by atoms with Gasteiger partial charge in [0.1, 0.15) is 5.82 Å². The quantitative estimate of drug-likeness (QED) is 0.473. The smallest absolute Gasteiger partial charge is 0.273 e. The maximum absolute atomic E-state index is 13.9. The molecule has 2 fully saturated rings. The van der Waals surface area contributed by atoms with Gasteiger partial charge in [-0.3, -0.25) is 14.5 Å². The lowest BCUT2D eigenvalue weighted by atomic mass is 9.97. The molecule has 4 rings (SSSR count). The van der Waals surface area contributed by atoms with Crippen LogP contribution < -0.4 is 21.7 Å². The number of rotatable bonds is 5. The van der Waals surface area contributed by atoms with Gasteiger partial charge < -0.3 is 26.6 Å². The maximum atomic E-state index is 13.9. The molecule has 2 amide bonds. The molecular formula is C23H30Cl2FN9O2. The highest BCUT2D eigenvalue weighted by Gasteiger charge is 2.35. The Labute approximate surface area is 224 Å². The molecule has 0 aliphatic carbocycles. The van der Waals surface area contributed by atoms with Crippen molar-refractivity contribution in [3.63, 3.8) is 0 Å². The zero-order chi connectivity index (χ0) is 26.9. The van der Waals surface area contributed by atoms with Crippen LogP contribution in [0, 0.1) is 5.82 Å². The third-order valence-electron chi connectivity index (χ3n) is 7.02. The molecule has 0 bridgehead atoms. The van der Waals surface area contributed by atoms with Crippen molar-refractivity contribution in [2.75, 3.05) is 56.1 Å². The van der Waals surface area contributed by atoms with Gasteiger partial charge >= 0.3 is 0 Å². The normalized spacial score (nSPS) is 19.2. The van der Waals surface area contributed by atoms with Gasteiger partial charge in [0.25, 0.3) is 11.8 Å². The van der Waals surface area contributed by atoms with Gasteiger partial charge in [0.15, 0.2) is 33.5 Å². The average Bonchev–Trinajstić information content (AvgIpc) is 2.90. The lowest BCUT2D eigenvalue weighted by Crippen LogP contribution is -2.58. The molecule has 37 heavy (non-hydrogen) atoms. The molecule has 1 atom stereocenters. The van der Waals surface area contributed by atoms with Gasteiger partial charge in [-0.15, -0.1) is 0 Å². The molecule has 14 heteroatoms. The molecule has 11 nitrogen and oxygen atoms in total.